The molecule has 4 heteroatoms. The van der Waals surface area contributed by atoms with Crippen molar-refractivity contribution in [2.45, 2.75) is 38.3 Å². The molecule has 18 heavy (non-hydrogen) atoms. The van der Waals surface area contributed by atoms with Gasteiger partial charge in [0.2, 0.25) is 5.91 Å². The highest BCUT2D eigenvalue weighted by molar-refractivity contribution is 5.93. The number of benzene rings is 1. The molecule has 1 aromatic carbocycles. The van der Waals surface area contributed by atoms with E-state index in [4.69, 9.17) is 5.73 Å². The van der Waals surface area contributed by atoms with Crippen LogP contribution in [0.15, 0.2) is 24.3 Å². The van der Waals surface area contributed by atoms with Gasteiger partial charge in [-0.2, -0.15) is 0 Å². The van der Waals surface area contributed by atoms with Gasteiger partial charge in [-0.15, -0.1) is 0 Å². The zero-order valence-corrected chi connectivity index (χ0v) is 10.8. The summed E-state index contributed by atoms with van der Waals surface area (Å²) in [6.07, 6.45) is 3.63. The summed E-state index contributed by atoms with van der Waals surface area (Å²) >= 11 is 0. The number of carbonyl (C=O) groups is 1. The van der Waals surface area contributed by atoms with Crippen molar-refractivity contribution in [2.75, 3.05) is 11.9 Å². The van der Waals surface area contributed by atoms with Gasteiger partial charge in [0.25, 0.3) is 0 Å². The van der Waals surface area contributed by atoms with Crippen molar-refractivity contribution in [1.29, 1.82) is 0 Å². The van der Waals surface area contributed by atoms with Crippen LogP contribution in [0.5, 0.6) is 0 Å². The molecule has 0 bridgehead atoms. The van der Waals surface area contributed by atoms with E-state index >= 15 is 0 Å². The number of nitrogens with one attached hydrogen (secondary N) is 2. The smallest absolute Gasteiger partial charge is 0.248 e. The van der Waals surface area contributed by atoms with E-state index in [0.29, 0.717) is 17.6 Å². The van der Waals surface area contributed by atoms with Gasteiger partial charge in [-0.1, -0.05) is 6.07 Å². The number of nitrogens with two attached hydrogens (primary N) is 1. The largest absolute Gasteiger partial charge is 0.383 e. The fourth-order valence-electron chi connectivity index (χ4n) is 2.49. The standard InChI is InChI=1S/C14H21N3O/c1-10(8-12-6-3-7-16-12)17-13-5-2-4-11(9-13)14(15)18/h2,4-5,9-10,12,16-17H,3,6-8H2,1H3,(H2,15,18). The molecule has 1 aliphatic heterocycles. The molecule has 1 saturated heterocycles. The van der Waals surface area contributed by atoms with Crippen LogP contribution in [-0.2, 0) is 0 Å². The Morgan fingerprint density at radius 1 is 1.61 bits per heavy atom. The zero-order chi connectivity index (χ0) is 13.0. The van der Waals surface area contributed by atoms with Gasteiger partial charge in [0, 0.05) is 23.3 Å². The molecule has 0 spiro atoms. The zero-order valence-electron chi connectivity index (χ0n) is 10.8. The van der Waals surface area contributed by atoms with Crippen LogP contribution in [0.2, 0.25) is 0 Å². The second kappa shape index (κ2) is 5.87. The van der Waals surface area contributed by atoms with Crippen LogP contribution in [0.1, 0.15) is 36.5 Å². The summed E-state index contributed by atoms with van der Waals surface area (Å²) in [6.45, 7) is 3.30. The lowest BCUT2D eigenvalue weighted by Gasteiger charge is -2.19. The van der Waals surface area contributed by atoms with E-state index in [0.717, 1.165) is 18.7 Å². The van der Waals surface area contributed by atoms with Gasteiger partial charge in [0.05, 0.1) is 0 Å². The highest BCUT2D eigenvalue weighted by atomic mass is 16.1. The highest BCUT2D eigenvalue weighted by Crippen LogP contribution is 2.16. The first-order valence-corrected chi connectivity index (χ1v) is 6.55. The van der Waals surface area contributed by atoms with Crippen molar-refractivity contribution < 1.29 is 4.79 Å². The van der Waals surface area contributed by atoms with Crippen molar-refractivity contribution >= 4 is 11.6 Å². The molecule has 1 amide bonds. The van der Waals surface area contributed by atoms with Gasteiger partial charge in [0.15, 0.2) is 0 Å². The van der Waals surface area contributed by atoms with Gasteiger partial charge in [-0.05, 0) is 50.9 Å². The van der Waals surface area contributed by atoms with Crippen LogP contribution in [0.25, 0.3) is 0 Å². The molecule has 2 atom stereocenters. The number of rotatable bonds is 5. The molecule has 1 aromatic rings. The first kappa shape index (κ1) is 12.9. The number of carbonyl (C=O) groups excluding carboxylic acids is 1. The highest BCUT2D eigenvalue weighted by Gasteiger charge is 2.16. The third-order valence-corrected chi connectivity index (χ3v) is 3.36. The average Bonchev–Trinajstić information content (AvgIpc) is 2.82. The van der Waals surface area contributed by atoms with E-state index in [1.165, 1.54) is 12.8 Å². The second-order valence-corrected chi connectivity index (χ2v) is 5.02. The third-order valence-electron chi connectivity index (χ3n) is 3.36. The lowest BCUT2D eigenvalue weighted by atomic mass is 10.1. The predicted molar refractivity (Wildman–Crippen MR) is 73.7 cm³/mol. The molecular formula is C14H21N3O. The Bertz CT molecular complexity index is 413. The normalized spacial score (nSPS) is 20.6. The quantitative estimate of drug-likeness (QED) is 0.742. The van der Waals surface area contributed by atoms with E-state index in [9.17, 15) is 4.79 Å². The molecule has 0 aliphatic carbocycles. The lowest BCUT2D eigenvalue weighted by molar-refractivity contribution is 0.100. The van der Waals surface area contributed by atoms with Gasteiger partial charge >= 0.3 is 0 Å². The minimum absolute atomic E-state index is 0.378. The maximum Gasteiger partial charge on any atom is 0.248 e. The van der Waals surface area contributed by atoms with Gasteiger partial charge in [-0.25, -0.2) is 0 Å². The number of amides is 1. The topological polar surface area (TPSA) is 67.2 Å². The molecule has 4 nitrogen and oxygen atoms in total. The maximum atomic E-state index is 11.1. The number of hydrogen-bond donors (Lipinski definition) is 3. The van der Waals surface area contributed by atoms with Crippen LogP contribution in [0.4, 0.5) is 5.69 Å². The second-order valence-electron chi connectivity index (χ2n) is 5.02. The molecular weight excluding hydrogens is 226 g/mol. The van der Waals surface area contributed by atoms with Crippen LogP contribution < -0.4 is 16.4 Å². The molecule has 0 saturated carbocycles. The van der Waals surface area contributed by atoms with Crippen LogP contribution in [0.3, 0.4) is 0 Å². The maximum absolute atomic E-state index is 11.1. The molecule has 4 N–H and O–H groups in total. The Morgan fingerprint density at radius 2 is 2.44 bits per heavy atom. The molecule has 2 unspecified atom stereocenters. The summed E-state index contributed by atoms with van der Waals surface area (Å²) in [4.78, 5) is 11.1. The van der Waals surface area contributed by atoms with Crippen molar-refractivity contribution in [3.8, 4) is 0 Å². The summed E-state index contributed by atoms with van der Waals surface area (Å²) in [7, 11) is 0. The molecule has 0 radical (unpaired) electrons. The fraction of sp³-hybridized carbons (Fsp3) is 0.500. The number of hydrogen-bond acceptors (Lipinski definition) is 3. The third kappa shape index (κ3) is 3.47. The Morgan fingerprint density at radius 3 is 3.11 bits per heavy atom. The SMILES string of the molecule is CC(CC1CCCN1)Nc1cccc(C(N)=O)c1. The van der Waals surface area contributed by atoms with E-state index in [1.807, 2.05) is 12.1 Å². The predicted octanol–water partition coefficient (Wildman–Crippen LogP) is 1.73. The minimum Gasteiger partial charge on any atom is -0.383 e. The summed E-state index contributed by atoms with van der Waals surface area (Å²) in [6, 6.07) is 8.35. The number of primary amides is 1. The molecule has 1 aliphatic rings. The van der Waals surface area contributed by atoms with Crippen LogP contribution in [0, 0.1) is 0 Å². The molecule has 98 valence electrons. The Labute approximate surface area is 108 Å². The summed E-state index contributed by atoms with van der Waals surface area (Å²) in [5.74, 6) is -0.385. The van der Waals surface area contributed by atoms with Crippen molar-refractivity contribution in [2.24, 2.45) is 5.73 Å². The van der Waals surface area contributed by atoms with Crippen molar-refractivity contribution in [3.63, 3.8) is 0 Å². The monoisotopic (exact) mass is 247 g/mol. The average molecular weight is 247 g/mol. The first-order valence-electron chi connectivity index (χ1n) is 6.55. The lowest BCUT2D eigenvalue weighted by Crippen LogP contribution is -2.29. The van der Waals surface area contributed by atoms with E-state index < -0.39 is 0 Å². The first-order chi connectivity index (χ1) is 8.65. The fourth-order valence-corrected chi connectivity index (χ4v) is 2.49. The van der Waals surface area contributed by atoms with E-state index in [-0.39, 0.29) is 5.91 Å². The summed E-state index contributed by atoms with van der Waals surface area (Å²) in [5, 5.41) is 6.91. The molecule has 1 heterocycles. The van der Waals surface area contributed by atoms with Gasteiger partial charge in [-0.3, -0.25) is 4.79 Å². The van der Waals surface area contributed by atoms with Crippen LogP contribution >= 0.6 is 0 Å². The van der Waals surface area contributed by atoms with Gasteiger partial charge < -0.3 is 16.4 Å². The van der Waals surface area contributed by atoms with Crippen LogP contribution in [-0.4, -0.2) is 24.5 Å². The van der Waals surface area contributed by atoms with Crippen molar-refractivity contribution in [1.82, 2.24) is 5.32 Å². The molecule has 1 fully saturated rings. The Kier molecular flexibility index (Phi) is 4.20. The van der Waals surface area contributed by atoms with E-state index in [1.54, 1.807) is 12.1 Å². The summed E-state index contributed by atoms with van der Waals surface area (Å²) in [5.41, 5.74) is 6.77. The Balaban J connectivity index is 1.91. The number of anilines is 1. The molecule has 0 aromatic heterocycles. The van der Waals surface area contributed by atoms with E-state index in [2.05, 4.69) is 17.6 Å². The minimum atomic E-state index is -0.385. The molecule has 2 rings (SSSR count). The van der Waals surface area contributed by atoms with Crippen molar-refractivity contribution in [3.05, 3.63) is 29.8 Å². The van der Waals surface area contributed by atoms with Gasteiger partial charge in [0.1, 0.15) is 0 Å². The summed E-state index contributed by atoms with van der Waals surface area (Å²) < 4.78 is 0. The Hall–Kier alpha value is -1.55.